The molecule has 0 aliphatic carbocycles. The second-order valence-electron chi connectivity index (χ2n) is 6.59. The van der Waals surface area contributed by atoms with E-state index in [-0.39, 0.29) is 11.0 Å². The van der Waals surface area contributed by atoms with Crippen LogP contribution in [0, 0.1) is 12.3 Å². The third-order valence-electron chi connectivity index (χ3n) is 4.38. The minimum atomic E-state index is 0.00128. The van der Waals surface area contributed by atoms with Crippen molar-refractivity contribution in [1.82, 2.24) is 14.5 Å². The van der Waals surface area contributed by atoms with Crippen molar-refractivity contribution < 1.29 is 0 Å². The summed E-state index contributed by atoms with van der Waals surface area (Å²) in [5.41, 5.74) is 1.81. The van der Waals surface area contributed by atoms with Crippen LogP contribution >= 0.6 is 11.6 Å². The van der Waals surface area contributed by atoms with E-state index < -0.39 is 0 Å². The van der Waals surface area contributed by atoms with Gasteiger partial charge >= 0.3 is 0 Å². The monoisotopic (exact) mass is 305 g/mol. The highest BCUT2D eigenvalue weighted by Gasteiger charge is 2.32. The zero-order valence-electron chi connectivity index (χ0n) is 12.7. The summed E-state index contributed by atoms with van der Waals surface area (Å²) >= 11 is 6.08. The zero-order chi connectivity index (χ0) is 15.2. The van der Waals surface area contributed by atoms with Crippen LogP contribution < -0.4 is 5.56 Å². The van der Waals surface area contributed by atoms with E-state index in [1.54, 1.807) is 17.0 Å². The number of halogens is 1. The lowest BCUT2D eigenvalue weighted by Gasteiger charge is -2.24. The van der Waals surface area contributed by atoms with Gasteiger partial charge in [-0.15, -0.1) is 0 Å². The van der Waals surface area contributed by atoms with Crippen LogP contribution in [-0.4, -0.2) is 34.6 Å². The highest BCUT2D eigenvalue weighted by atomic mass is 35.5. The summed E-state index contributed by atoms with van der Waals surface area (Å²) < 4.78 is 1.73. The van der Waals surface area contributed by atoms with Gasteiger partial charge in [-0.25, -0.2) is 4.98 Å². The molecule has 0 amide bonds. The number of likely N-dealkylation sites (tertiary alicyclic amines) is 1. The fraction of sp³-hybridized carbons (Fsp3) is 0.500. The predicted molar refractivity (Wildman–Crippen MR) is 86.0 cm³/mol. The molecule has 0 unspecified atom stereocenters. The van der Waals surface area contributed by atoms with Gasteiger partial charge in [0.05, 0.1) is 17.2 Å². The highest BCUT2D eigenvalue weighted by Crippen LogP contribution is 2.30. The summed E-state index contributed by atoms with van der Waals surface area (Å²) in [5.74, 6) is 0. The molecule has 21 heavy (non-hydrogen) atoms. The van der Waals surface area contributed by atoms with E-state index in [2.05, 4.69) is 23.9 Å². The van der Waals surface area contributed by atoms with Gasteiger partial charge in [0.1, 0.15) is 0 Å². The Labute approximate surface area is 129 Å². The van der Waals surface area contributed by atoms with E-state index in [1.807, 2.05) is 13.0 Å². The molecule has 0 spiro atoms. The first-order valence-corrected chi connectivity index (χ1v) is 7.60. The topological polar surface area (TPSA) is 38.1 Å². The van der Waals surface area contributed by atoms with Crippen LogP contribution in [0.3, 0.4) is 0 Å². The summed E-state index contributed by atoms with van der Waals surface area (Å²) in [6.45, 7) is 6.95. The van der Waals surface area contributed by atoms with Crippen LogP contribution in [0.1, 0.15) is 18.9 Å². The van der Waals surface area contributed by atoms with E-state index in [0.717, 1.165) is 30.6 Å². The van der Waals surface area contributed by atoms with Gasteiger partial charge < -0.3 is 4.90 Å². The van der Waals surface area contributed by atoms with Gasteiger partial charge in [-0.3, -0.25) is 9.36 Å². The molecule has 3 rings (SSSR count). The molecule has 1 aliphatic heterocycles. The second-order valence-corrected chi connectivity index (χ2v) is 7.03. The lowest BCUT2D eigenvalue weighted by atomic mass is 9.90. The first kappa shape index (κ1) is 14.5. The molecule has 1 aromatic heterocycles. The molecule has 1 aliphatic rings. The second kappa shape index (κ2) is 5.11. The number of benzene rings is 1. The average Bonchev–Trinajstić information content (AvgIpc) is 2.73. The van der Waals surface area contributed by atoms with Gasteiger partial charge in [0.2, 0.25) is 0 Å². The van der Waals surface area contributed by atoms with Gasteiger partial charge in [-0.05, 0) is 50.0 Å². The molecule has 2 heterocycles. The van der Waals surface area contributed by atoms with Crippen LogP contribution in [0.5, 0.6) is 0 Å². The first-order valence-electron chi connectivity index (χ1n) is 7.22. The SMILES string of the molecule is Cc1cc(Cl)cc2c(=O)n(C[C@]3(C)CCN(C)C3)cnc12. The van der Waals surface area contributed by atoms with Crippen LogP contribution in [-0.2, 0) is 6.54 Å². The number of hydrogen-bond acceptors (Lipinski definition) is 3. The van der Waals surface area contributed by atoms with Crippen LogP contribution in [0.2, 0.25) is 5.02 Å². The third-order valence-corrected chi connectivity index (χ3v) is 4.60. The Morgan fingerprint density at radius 2 is 2.19 bits per heavy atom. The first-order chi connectivity index (χ1) is 9.88. The molecular weight excluding hydrogens is 286 g/mol. The Morgan fingerprint density at radius 1 is 1.43 bits per heavy atom. The molecule has 0 saturated carbocycles. The molecule has 4 nitrogen and oxygen atoms in total. The molecule has 1 saturated heterocycles. The summed E-state index contributed by atoms with van der Waals surface area (Å²) in [6, 6.07) is 3.56. The van der Waals surface area contributed by atoms with Crippen molar-refractivity contribution in [3.8, 4) is 0 Å². The number of aryl methyl sites for hydroxylation is 1. The van der Waals surface area contributed by atoms with E-state index in [9.17, 15) is 4.79 Å². The molecule has 1 aromatic carbocycles. The van der Waals surface area contributed by atoms with Crippen molar-refractivity contribution in [3.63, 3.8) is 0 Å². The number of aromatic nitrogens is 2. The number of fused-ring (bicyclic) bond motifs is 1. The number of rotatable bonds is 2. The molecule has 112 valence electrons. The van der Waals surface area contributed by atoms with Gasteiger partial charge in [0.25, 0.3) is 5.56 Å². The maximum absolute atomic E-state index is 12.7. The van der Waals surface area contributed by atoms with Crippen molar-refractivity contribution in [2.24, 2.45) is 5.41 Å². The molecule has 0 radical (unpaired) electrons. The molecular formula is C16H20ClN3O. The minimum Gasteiger partial charge on any atom is -0.306 e. The number of nitrogens with zero attached hydrogens (tertiary/aromatic N) is 3. The Kier molecular flexibility index (Phi) is 3.54. The van der Waals surface area contributed by atoms with Gasteiger partial charge in [-0.2, -0.15) is 0 Å². The number of hydrogen-bond donors (Lipinski definition) is 0. The third kappa shape index (κ3) is 2.70. The normalized spacial score (nSPS) is 23.0. The minimum absolute atomic E-state index is 0.00128. The Balaban J connectivity index is 2.05. The fourth-order valence-electron chi connectivity index (χ4n) is 3.33. The van der Waals surface area contributed by atoms with Gasteiger partial charge in [0.15, 0.2) is 0 Å². The maximum Gasteiger partial charge on any atom is 0.261 e. The molecule has 2 aromatic rings. The quantitative estimate of drug-likeness (QED) is 0.856. The van der Waals surface area contributed by atoms with Crippen molar-refractivity contribution >= 4 is 22.5 Å². The Hall–Kier alpha value is -1.39. The predicted octanol–water partition coefficient (Wildman–Crippen LogP) is 2.70. The van der Waals surface area contributed by atoms with Crippen molar-refractivity contribution in [2.45, 2.75) is 26.8 Å². The highest BCUT2D eigenvalue weighted by molar-refractivity contribution is 6.31. The standard InChI is InChI=1S/C16H20ClN3O/c1-11-6-12(17)7-13-14(11)18-10-20(15(13)21)9-16(2)4-5-19(3)8-16/h6-7,10H,4-5,8-9H2,1-3H3/t16-/m1/s1. The maximum atomic E-state index is 12.7. The molecule has 1 fully saturated rings. The zero-order valence-corrected chi connectivity index (χ0v) is 13.4. The van der Waals surface area contributed by atoms with E-state index >= 15 is 0 Å². The van der Waals surface area contributed by atoms with Crippen molar-refractivity contribution in [2.75, 3.05) is 20.1 Å². The lowest BCUT2D eigenvalue weighted by molar-refractivity contribution is 0.265. The van der Waals surface area contributed by atoms with Gasteiger partial charge in [-0.1, -0.05) is 18.5 Å². The Bertz CT molecular complexity index is 755. The van der Waals surface area contributed by atoms with Gasteiger partial charge in [0, 0.05) is 18.1 Å². The van der Waals surface area contributed by atoms with Crippen molar-refractivity contribution in [3.05, 3.63) is 39.4 Å². The molecule has 0 N–H and O–H groups in total. The van der Waals surface area contributed by atoms with E-state index in [1.165, 1.54) is 0 Å². The summed E-state index contributed by atoms with van der Waals surface area (Å²) in [7, 11) is 2.12. The largest absolute Gasteiger partial charge is 0.306 e. The van der Waals surface area contributed by atoms with E-state index in [0.29, 0.717) is 17.0 Å². The average molecular weight is 306 g/mol. The molecule has 0 bridgehead atoms. The summed E-state index contributed by atoms with van der Waals surface area (Å²) in [4.78, 5) is 19.5. The van der Waals surface area contributed by atoms with Crippen LogP contribution in [0.4, 0.5) is 0 Å². The smallest absolute Gasteiger partial charge is 0.261 e. The van der Waals surface area contributed by atoms with Crippen LogP contribution in [0.15, 0.2) is 23.3 Å². The van der Waals surface area contributed by atoms with E-state index in [4.69, 9.17) is 11.6 Å². The summed E-state index contributed by atoms with van der Waals surface area (Å²) in [5, 5.41) is 1.20. The van der Waals surface area contributed by atoms with Crippen molar-refractivity contribution in [1.29, 1.82) is 0 Å². The van der Waals surface area contributed by atoms with Crippen LogP contribution in [0.25, 0.3) is 10.9 Å². The Morgan fingerprint density at radius 3 is 2.86 bits per heavy atom. The fourth-order valence-corrected chi connectivity index (χ4v) is 3.60. The lowest BCUT2D eigenvalue weighted by Crippen LogP contribution is -2.32. The summed E-state index contributed by atoms with van der Waals surface area (Å²) in [6.07, 6.45) is 2.78. The molecule has 1 atom stereocenters. The molecule has 5 heteroatoms.